The highest BCUT2D eigenvalue weighted by Crippen LogP contribution is 2.26. The van der Waals surface area contributed by atoms with Gasteiger partial charge in [-0.3, -0.25) is 4.68 Å². The summed E-state index contributed by atoms with van der Waals surface area (Å²) in [6.07, 6.45) is 0. The first-order valence-corrected chi connectivity index (χ1v) is 7.46. The molecule has 1 N–H and O–H groups in total. The molecule has 2 aromatic rings. The molecule has 1 aromatic heterocycles. The molecule has 0 radical (unpaired) electrons. The van der Waals surface area contributed by atoms with Gasteiger partial charge < -0.3 is 5.32 Å². The highest BCUT2D eigenvalue weighted by atomic mass is 35.5. The minimum Gasteiger partial charge on any atom is -0.313 e. The lowest BCUT2D eigenvalue weighted by atomic mass is 10.2. The van der Waals surface area contributed by atoms with Crippen molar-refractivity contribution in [2.75, 3.05) is 6.54 Å². The highest BCUT2D eigenvalue weighted by Gasteiger charge is 2.13. The van der Waals surface area contributed by atoms with Crippen molar-refractivity contribution in [3.8, 4) is 0 Å². The molecule has 2 rings (SSSR count). The van der Waals surface area contributed by atoms with Gasteiger partial charge in [-0.1, -0.05) is 42.3 Å². The Bertz CT molecular complexity index is 605. The van der Waals surface area contributed by atoms with E-state index in [1.165, 1.54) is 11.3 Å². The summed E-state index contributed by atoms with van der Waals surface area (Å²) in [7, 11) is 0. The Kier molecular flexibility index (Phi) is 5.08. The van der Waals surface area contributed by atoms with E-state index in [-0.39, 0.29) is 0 Å². The Labute approximate surface area is 129 Å². The fourth-order valence-electron chi connectivity index (χ4n) is 2.23. The van der Waals surface area contributed by atoms with Gasteiger partial charge in [0.05, 0.1) is 22.3 Å². The van der Waals surface area contributed by atoms with Crippen molar-refractivity contribution in [1.82, 2.24) is 15.1 Å². The van der Waals surface area contributed by atoms with Crippen LogP contribution in [0.3, 0.4) is 0 Å². The Hall–Kier alpha value is -1.03. The summed E-state index contributed by atoms with van der Waals surface area (Å²) in [4.78, 5) is 0. The highest BCUT2D eigenvalue weighted by molar-refractivity contribution is 6.42. The van der Waals surface area contributed by atoms with Crippen molar-refractivity contribution in [2.45, 2.75) is 33.9 Å². The molecule has 0 saturated carbocycles. The topological polar surface area (TPSA) is 29.9 Å². The minimum atomic E-state index is 0.582. The summed E-state index contributed by atoms with van der Waals surface area (Å²) in [5, 5.41) is 9.14. The Morgan fingerprint density at radius 3 is 2.70 bits per heavy atom. The molecular weight excluding hydrogens is 293 g/mol. The third-order valence-electron chi connectivity index (χ3n) is 3.43. The van der Waals surface area contributed by atoms with Gasteiger partial charge in [0, 0.05) is 17.8 Å². The summed E-state index contributed by atoms with van der Waals surface area (Å²) >= 11 is 12.3. The number of nitrogens with zero attached hydrogens (tertiary/aromatic N) is 2. The molecule has 0 amide bonds. The van der Waals surface area contributed by atoms with Crippen molar-refractivity contribution in [3.63, 3.8) is 0 Å². The van der Waals surface area contributed by atoms with E-state index in [1.54, 1.807) is 6.07 Å². The van der Waals surface area contributed by atoms with Crippen LogP contribution in [-0.2, 0) is 13.1 Å². The van der Waals surface area contributed by atoms with Crippen molar-refractivity contribution < 1.29 is 0 Å². The monoisotopic (exact) mass is 311 g/mol. The summed E-state index contributed by atoms with van der Waals surface area (Å²) in [6.45, 7) is 8.65. The van der Waals surface area contributed by atoms with Crippen molar-refractivity contribution in [2.24, 2.45) is 0 Å². The van der Waals surface area contributed by atoms with E-state index in [4.69, 9.17) is 23.2 Å². The van der Waals surface area contributed by atoms with Gasteiger partial charge in [0.1, 0.15) is 0 Å². The molecule has 20 heavy (non-hydrogen) atoms. The van der Waals surface area contributed by atoms with Crippen molar-refractivity contribution in [3.05, 3.63) is 50.8 Å². The molecular formula is C15H19Cl2N3. The van der Waals surface area contributed by atoms with Crippen LogP contribution in [0.2, 0.25) is 10.0 Å². The lowest BCUT2D eigenvalue weighted by molar-refractivity contribution is 0.655. The molecule has 0 atom stereocenters. The SMILES string of the molecule is CCNCc1c(C)nn(Cc2cccc(Cl)c2Cl)c1C. The van der Waals surface area contributed by atoms with Crippen LogP contribution in [-0.4, -0.2) is 16.3 Å². The Balaban J connectivity index is 2.28. The van der Waals surface area contributed by atoms with Crippen LogP contribution in [0.25, 0.3) is 0 Å². The maximum atomic E-state index is 6.24. The first-order chi connectivity index (χ1) is 9.54. The smallest absolute Gasteiger partial charge is 0.0677 e. The molecule has 0 fully saturated rings. The molecule has 0 aliphatic rings. The van der Waals surface area contributed by atoms with Gasteiger partial charge >= 0.3 is 0 Å². The van der Waals surface area contributed by atoms with Gasteiger partial charge in [0.25, 0.3) is 0 Å². The number of hydrogen-bond donors (Lipinski definition) is 1. The molecule has 0 aliphatic heterocycles. The zero-order chi connectivity index (χ0) is 14.7. The molecule has 0 bridgehead atoms. The number of benzene rings is 1. The van der Waals surface area contributed by atoms with Gasteiger partial charge in [0.2, 0.25) is 0 Å². The molecule has 0 spiro atoms. The van der Waals surface area contributed by atoms with Crippen molar-refractivity contribution >= 4 is 23.2 Å². The molecule has 5 heteroatoms. The van der Waals surface area contributed by atoms with E-state index in [9.17, 15) is 0 Å². The van der Waals surface area contributed by atoms with E-state index >= 15 is 0 Å². The normalized spacial score (nSPS) is 11.1. The predicted molar refractivity (Wildman–Crippen MR) is 84.6 cm³/mol. The summed E-state index contributed by atoms with van der Waals surface area (Å²) < 4.78 is 1.99. The summed E-state index contributed by atoms with van der Waals surface area (Å²) in [5.74, 6) is 0. The standard InChI is InChI=1S/C15H19Cl2N3/c1-4-18-8-13-10(2)19-20(11(13)3)9-12-6-5-7-14(16)15(12)17/h5-7,18H,4,8-9H2,1-3H3. The van der Waals surface area contributed by atoms with Gasteiger partial charge in [-0.05, 0) is 32.0 Å². The molecule has 0 aliphatic carbocycles. The summed E-state index contributed by atoms with van der Waals surface area (Å²) in [6, 6.07) is 5.69. The van der Waals surface area contributed by atoms with Gasteiger partial charge in [-0.2, -0.15) is 5.10 Å². The molecule has 0 saturated heterocycles. The lowest BCUT2D eigenvalue weighted by Crippen LogP contribution is -2.13. The number of aryl methyl sites for hydroxylation is 1. The van der Waals surface area contributed by atoms with Crippen LogP contribution >= 0.6 is 23.2 Å². The number of rotatable bonds is 5. The van der Waals surface area contributed by atoms with Crippen LogP contribution in [0, 0.1) is 13.8 Å². The van der Waals surface area contributed by atoms with E-state index in [0.29, 0.717) is 16.6 Å². The molecule has 1 heterocycles. The predicted octanol–water partition coefficient (Wildman–Crippen LogP) is 3.96. The number of aromatic nitrogens is 2. The largest absolute Gasteiger partial charge is 0.313 e. The maximum absolute atomic E-state index is 6.24. The van der Waals surface area contributed by atoms with E-state index < -0.39 is 0 Å². The van der Waals surface area contributed by atoms with Crippen molar-refractivity contribution in [1.29, 1.82) is 0 Å². The first kappa shape index (κ1) is 15.4. The molecule has 3 nitrogen and oxygen atoms in total. The van der Waals surface area contributed by atoms with Crippen LogP contribution in [0.4, 0.5) is 0 Å². The number of nitrogens with one attached hydrogen (secondary N) is 1. The lowest BCUT2D eigenvalue weighted by Gasteiger charge is -2.08. The third-order valence-corrected chi connectivity index (χ3v) is 4.29. The van der Waals surface area contributed by atoms with Crippen LogP contribution < -0.4 is 5.32 Å². The van der Waals surface area contributed by atoms with E-state index in [0.717, 1.165) is 24.3 Å². The molecule has 0 unspecified atom stereocenters. The van der Waals surface area contributed by atoms with Crippen LogP contribution in [0.5, 0.6) is 0 Å². The third kappa shape index (κ3) is 3.17. The fraction of sp³-hybridized carbons (Fsp3) is 0.400. The minimum absolute atomic E-state index is 0.582. The average molecular weight is 312 g/mol. The zero-order valence-corrected chi connectivity index (χ0v) is 13.5. The van der Waals surface area contributed by atoms with Crippen LogP contribution in [0.1, 0.15) is 29.4 Å². The number of halogens is 2. The quantitative estimate of drug-likeness (QED) is 0.905. The maximum Gasteiger partial charge on any atom is 0.0677 e. The molecule has 1 aromatic carbocycles. The summed E-state index contributed by atoms with van der Waals surface area (Å²) in [5.41, 5.74) is 4.46. The Morgan fingerprint density at radius 2 is 2.00 bits per heavy atom. The fourth-order valence-corrected chi connectivity index (χ4v) is 2.61. The molecule has 108 valence electrons. The second kappa shape index (κ2) is 6.61. The second-order valence-corrected chi connectivity index (χ2v) is 5.59. The first-order valence-electron chi connectivity index (χ1n) is 6.71. The second-order valence-electron chi connectivity index (χ2n) is 4.80. The van der Waals surface area contributed by atoms with Gasteiger partial charge in [-0.25, -0.2) is 0 Å². The van der Waals surface area contributed by atoms with Crippen LogP contribution in [0.15, 0.2) is 18.2 Å². The zero-order valence-electron chi connectivity index (χ0n) is 12.0. The van der Waals surface area contributed by atoms with E-state index in [1.807, 2.05) is 23.7 Å². The number of hydrogen-bond acceptors (Lipinski definition) is 2. The van der Waals surface area contributed by atoms with E-state index in [2.05, 4.69) is 24.3 Å². The Morgan fingerprint density at radius 1 is 1.25 bits per heavy atom. The van der Waals surface area contributed by atoms with Gasteiger partial charge in [-0.15, -0.1) is 0 Å². The van der Waals surface area contributed by atoms with Gasteiger partial charge in [0.15, 0.2) is 0 Å². The average Bonchev–Trinajstić information content (AvgIpc) is 2.68.